The van der Waals surface area contributed by atoms with Crippen LogP contribution < -0.4 is 0 Å². The molecule has 0 aliphatic carbocycles. The molecule has 66 valence electrons. The molecule has 1 heterocycles. The minimum absolute atomic E-state index is 0.154. The Kier molecular flexibility index (Phi) is 2.68. The maximum atomic E-state index is 12.7. The third-order valence-electron chi connectivity index (χ3n) is 1.30. The van der Waals surface area contributed by atoms with Gasteiger partial charge in [-0.2, -0.15) is 0 Å². The van der Waals surface area contributed by atoms with E-state index in [1.54, 1.807) is 0 Å². The van der Waals surface area contributed by atoms with Crippen molar-refractivity contribution >= 4 is 27.5 Å². The average molecular weight is 256 g/mol. The standard InChI is InChI=1S/C7H5BrClF2N/c1-7(10,11)4-2-5(8)6(9)12-3-4/h2-3H,1H3. The van der Waals surface area contributed by atoms with Crippen molar-refractivity contribution in [2.45, 2.75) is 12.8 Å². The smallest absolute Gasteiger partial charge is 0.243 e. The molecule has 0 unspecified atom stereocenters. The Morgan fingerprint density at radius 3 is 2.58 bits per heavy atom. The molecule has 1 aromatic rings. The third-order valence-corrected chi connectivity index (χ3v) is 2.44. The summed E-state index contributed by atoms with van der Waals surface area (Å²) in [6.07, 6.45) is 1.06. The summed E-state index contributed by atoms with van der Waals surface area (Å²) in [7, 11) is 0. The van der Waals surface area contributed by atoms with E-state index in [0.29, 0.717) is 4.47 Å². The highest BCUT2D eigenvalue weighted by Gasteiger charge is 2.25. The highest BCUT2D eigenvalue weighted by atomic mass is 79.9. The Bertz CT molecular complexity index is 298. The Morgan fingerprint density at radius 2 is 2.17 bits per heavy atom. The fourth-order valence-electron chi connectivity index (χ4n) is 0.661. The molecule has 0 atom stereocenters. The van der Waals surface area contributed by atoms with Gasteiger partial charge in [0.05, 0.1) is 4.47 Å². The van der Waals surface area contributed by atoms with Gasteiger partial charge in [0.2, 0.25) is 0 Å². The molecule has 0 amide bonds. The summed E-state index contributed by atoms with van der Waals surface area (Å²) in [6.45, 7) is 0.810. The van der Waals surface area contributed by atoms with Crippen LogP contribution in [0.15, 0.2) is 16.7 Å². The molecule has 0 radical (unpaired) electrons. The summed E-state index contributed by atoms with van der Waals surface area (Å²) < 4.78 is 25.7. The number of halogens is 4. The van der Waals surface area contributed by atoms with Gasteiger partial charge in [0.25, 0.3) is 5.92 Å². The lowest BCUT2D eigenvalue weighted by molar-refractivity contribution is 0.0170. The lowest BCUT2D eigenvalue weighted by Gasteiger charge is -2.09. The van der Waals surface area contributed by atoms with Crippen LogP contribution in [-0.4, -0.2) is 4.98 Å². The molecular formula is C7H5BrClF2N. The normalized spacial score (nSPS) is 11.8. The molecule has 0 spiro atoms. The van der Waals surface area contributed by atoms with Crippen LogP contribution in [0.4, 0.5) is 8.78 Å². The van der Waals surface area contributed by atoms with Crippen molar-refractivity contribution in [3.8, 4) is 0 Å². The predicted molar refractivity (Wildman–Crippen MR) is 46.5 cm³/mol. The molecule has 0 saturated carbocycles. The Labute approximate surface area is 81.9 Å². The zero-order chi connectivity index (χ0) is 9.35. The predicted octanol–water partition coefficient (Wildman–Crippen LogP) is 3.61. The van der Waals surface area contributed by atoms with Crippen LogP contribution >= 0.6 is 27.5 Å². The number of hydrogen-bond acceptors (Lipinski definition) is 1. The number of aromatic nitrogens is 1. The van der Waals surface area contributed by atoms with E-state index in [1.165, 1.54) is 6.07 Å². The van der Waals surface area contributed by atoms with E-state index in [1.807, 2.05) is 0 Å². The van der Waals surface area contributed by atoms with Crippen molar-refractivity contribution in [2.75, 3.05) is 0 Å². The highest BCUT2D eigenvalue weighted by molar-refractivity contribution is 9.10. The number of hydrogen-bond donors (Lipinski definition) is 0. The summed E-state index contributed by atoms with van der Waals surface area (Å²) in [6, 6.07) is 1.26. The number of rotatable bonds is 1. The van der Waals surface area contributed by atoms with Crippen LogP contribution in [0.3, 0.4) is 0 Å². The second-order valence-electron chi connectivity index (χ2n) is 2.39. The van der Waals surface area contributed by atoms with Gasteiger partial charge in [0.15, 0.2) is 0 Å². The SMILES string of the molecule is CC(F)(F)c1cnc(Cl)c(Br)c1. The van der Waals surface area contributed by atoms with Gasteiger partial charge in [-0.1, -0.05) is 11.6 Å². The largest absolute Gasteiger partial charge is 0.272 e. The van der Waals surface area contributed by atoms with Crippen LogP contribution in [0.1, 0.15) is 12.5 Å². The summed E-state index contributed by atoms with van der Waals surface area (Å²) >= 11 is 8.54. The first kappa shape index (κ1) is 9.86. The Balaban J connectivity index is 3.14. The van der Waals surface area contributed by atoms with Crippen molar-refractivity contribution in [2.24, 2.45) is 0 Å². The Hall–Kier alpha value is -0.220. The molecule has 1 rings (SSSR count). The molecule has 0 saturated heterocycles. The van der Waals surface area contributed by atoms with Gasteiger partial charge in [0.1, 0.15) is 5.15 Å². The molecule has 1 nitrogen and oxygen atoms in total. The number of alkyl halides is 2. The molecule has 0 fully saturated rings. The van der Waals surface area contributed by atoms with Crippen molar-refractivity contribution in [3.05, 3.63) is 27.5 Å². The molecule has 0 N–H and O–H groups in total. The summed E-state index contributed by atoms with van der Waals surface area (Å²) in [4.78, 5) is 3.58. The zero-order valence-electron chi connectivity index (χ0n) is 6.11. The molecular weight excluding hydrogens is 251 g/mol. The van der Waals surface area contributed by atoms with E-state index in [-0.39, 0.29) is 10.7 Å². The molecule has 0 aliphatic rings. The van der Waals surface area contributed by atoms with Crippen LogP contribution in [-0.2, 0) is 5.92 Å². The van der Waals surface area contributed by atoms with Gasteiger partial charge in [-0.05, 0) is 22.0 Å². The monoisotopic (exact) mass is 255 g/mol. The molecule has 5 heteroatoms. The second-order valence-corrected chi connectivity index (χ2v) is 3.60. The topological polar surface area (TPSA) is 12.9 Å². The van der Waals surface area contributed by atoms with E-state index in [2.05, 4.69) is 20.9 Å². The molecule has 0 bridgehead atoms. The van der Waals surface area contributed by atoms with E-state index >= 15 is 0 Å². The lowest BCUT2D eigenvalue weighted by Crippen LogP contribution is -2.07. The first-order valence-corrected chi connectivity index (χ1v) is 4.27. The molecule has 1 aromatic heterocycles. The average Bonchev–Trinajstić information content (AvgIpc) is 1.92. The van der Waals surface area contributed by atoms with Gasteiger partial charge >= 0.3 is 0 Å². The van der Waals surface area contributed by atoms with E-state index in [9.17, 15) is 8.78 Å². The van der Waals surface area contributed by atoms with Crippen LogP contribution in [0.25, 0.3) is 0 Å². The number of nitrogens with zero attached hydrogens (tertiary/aromatic N) is 1. The van der Waals surface area contributed by atoms with Gasteiger partial charge in [-0.15, -0.1) is 0 Å². The maximum absolute atomic E-state index is 12.7. The Morgan fingerprint density at radius 1 is 1.58 bits per heavy atom. The van der Waals surface area contributed by atoms with Crippen LogP contribution in [0.2, 0.25) is 5.15 Å². The summed E-state index contributed by atoms with van der Waals surface area (Å²) in [5, 5.41) is 0.183. The quantitative estimate of drug-likeness (QED) is 0.700. The lowest BCUT2D eigenvalue weighted by atomic mass is 10.2. The minimum Gasteiger partial charge on any atom is -0.243 e. The highest BCUT2D eigenvalue weighted by Crippen LogP contribution is 2.30. The second kappa shape index (κ2) is 3.26. The van der Waals surface area contributed by atoms with Crippen LogP contribution in [0, 0.1) is 0 Å². The molecule has 0 aromatic carbocycles. The van der Waals surface area contributed by atoms with E-state index < -0.39 is 5.92 Å². The van der Waals surface area contributed by atoms with E-state index in [0.717, 1.165) is 13.1 Å². The van der Waals surface area contributed by atoms with Crippen molar-refractivity contribution in [3.63, 3.8) is 0 Å². The maximum Gasteiger partial charge on any atom is 0.272 e. The van der Waals surface area contributed by atoms with Crippen molar-refractivity contribution in [1.29, 1.82) is 0 Å². The summed E-state index contributed by atoms with van der Waals surface area (Å²) in [5.74, 6) is -2.87. The van der Waals surface area contributed by atoms with Crippen molar-refractivity contribution in [1.82, 2.24) is 4.98 Å². The van der Waals surface area contributed by atoms with Gasteiger partial charge < -0.3 is 0 Å². The first-order valence-electron chi connectivity index (χ1n) is 3.10. The fraction of sp³-hybridized carbons (Fsp3) is 0.286. The van der Waals surface area contributed by atoms with Crippen molar-refractivity contribution < 1.29 is 8.78 Å². The van der Waals surface area contributed by atoms with E-state index in [4.69, 9.17) is 11.6 Å². The van der Waals surface area contributed by atoms with Gasteiger partial charge in [-0.25, -0.2) is 13.8 Å². The minimum atomic E-state index is -2.87. The number of pyridine rings is 1. The van der Waals surface area contributed by atoms with Gasteiger partial charge in [-0.3, -0.25) is 0 Å². The summed E-state index contributed by atoms with van der Waals surface area (Å²) in [5.41, 5.74) is -0.154. The first-order chi connectivity index (χ1) is 5.41. The zero-order valence-corrected chi connectivity index (χ0v) is 8.46. The molecule has 0 aliphatic heterocycles. The molecule has 12 heavy (non-hydrogen) atoms. The van der Waals surface area contributed by atoms with Crippen LogP contribution in [0.5, 0.6) is 0 Å². The fourth-order valence-corrected chi connectivity index (χ4v) is 1.11. The third kappa shape index (κ3) is 2.14. The van der Waals surface area contributed by atoms with Gasteiger partial charge in [0, 0.05) is 18.7 Å².